The monoisotopic (exact) mass is 699 g/mol. The minimum Gasteiger partial charge on any atom is -0.497 e. The molecule has 3 fully saturated rings. The van der Waals surface area contributed by atoms with Crippen LogP contribution in [-0.2, 0) is 19.1 Å². The van der Waals surface area contributed by atoms with Crippen molar-refractivity contribution in [3.63, 3.8) is 0 Å². The minimum atomic E-state index is -0.849. The topological polar surface area (TPSA) is 116 Å². The van der Waals surface area contributed by atoms with Crippen LogP contribution in [0.25, 0.3) is 10.9 Å². The molecule has 250 valence electrons. The number of esters is 1. The van der Waals surface area contributed by atoms with Gasteiger partial charge >= 0.3 is 12.1 Å². The number of methoxy groups -OCH3 is 2. The summed E-state index contributed by atoms with van der Waals surface area (Å²) in [6.07, 6.45) is 10.4. The lowest BCUT2D eigenvalue weighted by molar-refractivity contribution is -0.152. The number of likely N-dealkylation sites (tertiary alicyclic amines) is 1. The summed E-state index contributed by atoms with van der Waals surface area (Å²) >= 11 is 3.51. The highest BCUT2D eigenvalue weighted by atomic mass is 79.9. The fourth-order valence-electron chi connectivity index (χ4n) is 7.51. The lowest BCUT2D eigenvalue weighted by Gasteiger charge is -2.34. The zero-order chi connectivity index (χ0) is 32.8. The first-order valence-corrected chi connectivity index (χ1v) is 17.2. The number of aromatic nitrogens is 1. The van der Waals surface area contributed by atoms with E-state index in [0.29, 0.717) is 16.1 Å². The van der Waals surface area contributed by atoms with Gasteiger partial charge in [-0.15, -0.1) is 6.58 Å². The summed E-state index contributed by atoms with van der Waals surface area (Å²) in [5.74, 6) is 0.569. The lowest BCUT2D eigenvalue weighted by atomic mass is 9.88. The molecule has 2 heterocycles. The number of halogens is 1. The number of carbonyl (C=O) groups excluding carboxylic acids is 3. The van der Waals surface area contributed by atoms with E-state index in [1.54, 1.807) is 7.11 Å². The van der Waals surface area contributed by atoms with Crippen molar-refractivity contribution in [1.82, 2.24) is 15.2 Å². The van der Waals surface area contributed by atoms with Crippen molar-refractivity contribution in [3.8, 4) is 11.5 Å². The van der Waals surface area contributed by atoms with Crippen LogP contribution in [0.2, 0.25) is 0 Å². The molecule has 5 rings (SSSR count). The maximum Gasteiger partial charge on any atom is 0.408 e. The molecule has 1 N–H and O–H groups in total. The quantitative estimate of drug-likeness (QED) is 0.112. The van der Waals surface area contributed by atoms with Crippen LogP contribution >= 0.6 is 15.9 Å². The Balaban J connectivity index is 1.32. The molecular weight excluding hydrogens is 654 g/mol. The number of hydrogen-bond acceptors (Lipinski definition) is 8. The first-order valence-electron chi connectivity index (χ1n) is 16.5. The number of alkyl carbamates (subject to hydrolysis) is 1. The molecule has 5 atom stereocenters. The van der Waals surface area contributed by atoms with Crippen molar-refractivity contribution in [3.05, 3.63) is 41.5 Å². The molecule has 2 saturated carbocycles. The third kappa shape index (κ3) is 7.61. The van der Waals surface area contributed by atoms with E-state index in [2.05, 4.69) is 32.8 Å². The fourth-order valence-corrected chi connectivity index (χ4v) is 7.91. The van der Waals surface area contributed by atoms with Gasteiger partial charge in [-0.1, -0.05) is 18.9 Å². The second-order valence-corrected chi connectivity index (χ2v) is 13.8. The molecule has 10 nitrogen and oxygen atoms in total. The number of carbonyl (C=O) groups is 3. The van der Waals surface area contributed by atoms with E-state index in [1.807, 2.05) is 37.3 Å². The molecular formula is C35H46BrN3O7. The Morgan fingerprint density at radius 3 is 2.67 bits per heavy atom. The van der Waals surface area contributed by atoms with Crippen LogP contribution in [0.1, 0.15) is 77.6 Å². The maximum atomic E-state index is 14.3. The molecule has 0 spiro atoms. The van der Waals surface area contributed by atoms with Gasteiger partial charge in [0.1, 0.15) is 34.1 Å². The number of benzene rings is 1. The third-order valence-electron chi connectivity index (χ3n) is 10.0. The van der Waals surface area contributed by atoms with Crippen molar-refractivity contribution in [2.24, 2.45) is 11.8 Å². The predicted octanol–water partition coefficient (Wildman–Crippen LogP) is 6.73. The minimum absolute atomic E-state index is 0.0492. The summed E-state index contributed by atoms with van der Waals surface area (Å²) in [5, 5.41) is 3.80. The van der Waals surface area contributed by atoms with Crippen LogP contribution in [0, 0.1) is 11.8 Å². The highest BCUT2D eigenvalue weighted by Gasteiger charge is 2.47. The Hall–Kier alpha value is -3.34. The second-order valence-electron chi connectivity index (χ2n) is 13.0. The van der Waals surface area contributed by atoms with Gasteiger partial charge in [0.05, 0.1) is 26.3 Å². The fraction of sp³-hybridized carbons (Fsp3) is 0.600. The molecule has 1 aromatic carbocycles. The van der Waals surface area contributed by atoms with Crippen LogP contribution in [0.4, 0.5) is 4.79 Å². The molecule has 0 bridgehead atoms. The molecule has 2 aromatic rings. The number of pyridine rings is 1. The van der Waals surface area contributed by atoms with Gasteiger partial charge < -0.3 is 29.2 Å². The Labute approximate surface area is 279 Å². The molecule has 3 aliphatic rings. The smallest absolute Gasteiger partial charge is 0.408 e. The first-order chi connectivity index (χ1) is 22.1. The van der Waals surface area contributed by atoms with Crippen LogP contribution in [0.15, 0.2) is 41.5 Å². The highest BCUT2D eigenvalue weighted by molar-refractivity contribution is 9.10. The van der Waals surface area contributed by atoms with E-state index in [4.69, 9.17) is 18.9 Å². The number of ether oxygens (including phenoxy) is 4. The van der Waals surface area contributed by atoms with Gasteiger partial charge in [-0.2, -0.15) is 0 Å². The number of unbranched alkanes of at least 4 members (excludes halogenated alkanes) is 1. The number of nitrogens with zero attached hydrogens (tertiary/aromatic N) is 2. The number of rotatable bonds is 12. The average molecular weight is 701 g/mol. The van der Waals surface area contributed by atoms with Crippen LogP contribution in [0.5, 0.6) is 11.5 Å². The molecule has 1 aromatic heterocycles. The molecule has 1 aliphatic heterocycles. The van der Waals surface area contributed by atoms with E-state index in [-0.39, 0.29) is 30.7 Å². The summed E-state index contributed by atoms with van der Waals surface area (Å²) in [7, 11) is 2.92. The van der Waals surface area contributed by atoms with Crippen LogP contribution in [-0.4, -0.2) is 72.4 Å². The molecule has 11 heteroatoms. The third-order valence-corrected chi connectivity index (χ3v) is 10.6. The van der Waals surface area contributed by atoms with Crippen molar-refractivity contribution in [2.75, 3.05) is 20.8 Å². The van der Waals surface area contributed by atoms with Gasteiger partial charge in [0.2, 0.25) is 5.91 Å². The standard InChI is InChI=1S/C35H46BrN3O7/c1-5-6-7-13-24-14-10-17-35(24,2)46-34(42)38-30(22-11-8-9-12-22)32(40)39-21-26(20-28(39)33(41)44-4)45-29-19-23-18-25(43-3)15-16-27(23)37-31(29)36/h5,15-16,18-19,22,24,26,28,30H,1,6-14,17,20-21H2,2-4H3,(H,38,42)/t24-,26-,28+,30+,35+/m1/s1. The Morgan fingerprint density at radius 2 is 1.96 bits per heavy atom. The van der Waals surface area contributed by atoms with E-state index in [0.717, 1.165) is 75.1 Å². The van der Waals surface area contributed by atoms with Crippen LogP contribution in [0.3, 0.4) is 0 Å². The highest BCUT2D eigenvalue weighted by Crippen LogP contribution is 2.42. The van der Waals surface area contributed by atoms with Gasteiger partial charge in [0.15, 0.2) is 5.75 Å². The average Bonchev–Trinajstić information content (AvgIpc) is 3.80. The second kappa shape index (κ2) is 15.0. The first kappa shape index (κ1) is 34.0. The SMILES string of the molecule is C=CCCC[C@@H]1CCC[C@]1(C)OC(=O)N[C@H](C(=O)N1C[C@H](Oc2cc3cc(OC)ccc3nc2Br)C[C@H]1C(=O)OC)C1CCCC1. The van der Waals surface area contributed by atoms with Crippen molar-refractivity contribution in [2.45, 2.75) is 101 Å². The van der Waals surface area contributed by atoms with Crippen molar-refractivity contribution >= 4 is 44.8 Å². The molecule has 1 saturated heterocycles. The van der Waals surface area contributed by atoms with Crippen molar-refractivity contribution < 1.29 is 33.3 Å². The van der Waals surface area contributed by atoms with Crippen LogP contribution < -0.4 is 14.8 Å². The largest absolute Gasteiger partial charge is 0.497 e. The van der Waals surface area contributed by atoms with Gasteiger partial charge in [-0.05, 0) is 110 Å². The molecule has 2 amide bonds. The van der Waals surface area contributed by atoms with E-state index >= 15 is 0 Å². The summed E-state index contributed by atoms with van der Waals surface area (Å²) in [5.41, 5.74) is 0.184. The number of fused-ring (bicyclic) bond motifs is 1. The molecule has 2 aliphatic carbocycles. The van der Waals surface area contributed by atoms with Gasteiger partial charge in [-0.3, -0.25) is 4.79 Å². The Bertz CT molecular complexity index is 1430. The summed E-state index contributed by atoms with van der Waals surface area (Å²) < 4.78 is 23.5. The Kier molecular flexibility index (Phi) is 11.1. The molecule has 0 radical (unpaired) electrons. The Morgan fingerprint density at radius 1 is 1.17 bits per heavy atom. The number of allylic oxidation sites excluding steroid dienone is 1. The number of amides is 2. The molecule has 46 heavy (non-hydrogen) atoms. The summed E-state index contributed by atoms with van der Waals surface area (Å²) in [6.45, 7) is 5.99. The number of hydrogen-bond donors (Lipinski definition) is 1. The summed E-state index contributed by atoms with van der Waals surface area (Å²) in [4.78, 5) is 46.9. The summed E-state index contributed by atoms with van der Waals surface area (Å²) in [6, 6.07) is 5.77. The van der Waals surface area contributed by atoms with E-state index in [9.17, 15) is 14.4 Å². The zero-order valence-corrected chi connectivity index (χ0v) is 28.7. The molecule has 0 unspecified atom stereocenters. The normalized spacial score (nSPS) is 25.3. The van der Waals surface area contributed by atoms with E-state index in [1.165, 1.54) is 12.0 Å². The zero-order valence-electron chi connectivity index (χ0n) is 27.1. The van der Waals surface area contributed by atoms with E-state index < -0.39 is 35.9 Å². The van der Waals surface area contributed by atoms with Gasteiger partial charge in [0, 0.05) is 11.8 Å². The lowest BCUT2D eigenvalue weighted by Crippen LogP contribution is -2.55. The van der Waals surface area contributed by atoms with Gasteiger partial charge in [0.25, 0.3) is 0 Å². The van der Waals surface area contributed by atoms with Crippen molar-refractivity contribution in [1.29, 1.82) is 0 Å². The van der Waals surface area contributed by atoms with Gasteiger partial charge in [-0.25, -0.2) is 14.6 Å². The maximum absolute atomic E-state index is 14.3. The number of nitrogens with one attached hydrogen (secondary N) is 1. The predicted molar refractivity (Wildman–Crippen MR) is 178 cm³/mol.